The fourth-order valence-corrected chi connectivity index (χ4v) is 1.41. The minimum atomic E-state index is -0.0125. The summed E-state index contributed by atoms with van der Waals surface area (Å²) in [6.07, 6.45) is 1.66. The van der Waals surface area contributed by atoms with E-state index < -0.39 is 0 Å². The molecule has 0 bridgehead atoms. The second-order valence-electron chi connectivity index (χ2n) is 3.15. The molecule has 1 fully saturated rings. The molecule has 0 aromatic rings. The first kappa shape index (κ1) is 10.2. The second-order valence-corrected chi connectivity index (χ2v) is 3.15. The van der Waals surface area contributed by atoms with Crippen LogP contribution in [0.2, 0.25) is 0 Å². The van der Waals surface area contributed by atoms with E-state index in [9.17, 15) is 9.59 Å². The molecule has 1 rings (SSSR count). The molecule has 0 saturated carbocycles. The van der Waals surface area contributed by atoms with Crippen LogP contribution in [0.3, 0.4) is 0 Å². The van der Waals surface area contributed by atoms with Crippen molar-refractivity contribution in [1.82, 2.24) is 10.2 Å². The number of likely N-dealkylation sites (tertiary alicyclic amines) is 1. The van der Waals surface area contributed by atoms with E-state index in [0.29, 0.717) is 19.4 Å². The summed E-state index contributed by atoms with van der Waals surface area (Å²) in [4.78, 5) is 23.6. The van der Waals surface area contributed by atoms with Crippen molar-refractivity contribution in [1.29, 1.82) is 0 Å². The monoisotopic (exact) mass is 184 g/mol. The van der Waals surface area contributed by atoms with E-state index in [1.165, 1.54) is 4.90 Å². The van der Waals surface area contributed by atoms with Crippen molar-refractivity contribution < 1.29 is 9.59 Å². The molecule has 0 spiro atoms. The standard InChI is InChI=1S/C9H16N2O2/c1-2-10-6-3-7-11-8(12)4-5-9(11)13/h10H,2-7H2,1H3. The zero-order chi connectivity index (χ0) is 9.68. The number of imide groups is 1. The van der Waals surface area contributed by atoms with Gasteiger partial charge in [-0.3, -0.25) is 14.5 Å². The molecule has 1 aliphatic heterocycles. The third-order valence-electron chi connectivity index (χ3n) is 2.14. The van der Waals surface area contributed by atoms with Gasteiger partial charge in [0.05, 0.1) is 0 Å². The van der Waals surface area contributed by atoms with Crippen LogP contribution in [0.15, 0.2) is 0 Å². The molecule has 0 aromatic heterocycles. The Morgan fingerprint density at radius 3 is 2.46 bits per heavy atom. The maximum absolute atomic E-state index is 11.1. The van der Waals surface area contributed by atoms with Gasteiger partial charge in [0.25, 0.3) is 0 Å². The van der Waals surface area contributed by atoms with Gasteiger partial charge in [-0.15, -0.1) is 0 Å². The third kappa shape index (κ3) is 2.81. The number of nitrogens with one attached hydrogen (secondary N) is 1. The van der Waals surface area contributed by atoms with Crippen LogP contribution in [0.5, 0.6) is 0 Å². The molecule has 0 unspecified atom stereocenters. The Morgan fingerprint density at radius 1 is 1.31 bits per heavy atom. The highest BCUT2D eigenvalue weighted by Gasteiger charge is 2.27. The van der Waals surface area contributed by atoms with Gasteiger partial charge in [0, 0.05) is 19.4 Å². The highest BCUT2D eigenvalue weighted by atomic mass is 16.2. The van der Waals surface area contributed by atoms with Crippen molar-refractivity contribution in [3.05, 3.63) is 0 Å². The molecule has 0 radical (unpaired) electrons. The molecule has 1 N–H and O–H groups in total. The van der Waals surface area contributed by atoms with E-state index >= 15 is 0 Å². The number of rotatable bonds is 5. The molecule has 4 heteroatoms. The molecule has 2 amide bonds. The van der Waals surface area contributed by atoms with Gasteiger partial charge in [0.1, 0.15) is 0 Å². The summed E-state index contributed by atoms with van der Waals surface area (Å²) >= 11 is 0. The highest BCUT2D eigenvalue weighted by Crippen LogP contribution is 2.11. The van der Waals surface area contributed by atoms with Gasteiger partial charge in [-0.25, -0.2) is 0 Å². The number of hydrogen-bond acceptors (Lipinski definition) is 3. The first-order valence-electron chi connectivity index (χ1n) is 4.79. The van der Waals surface area contributed by atoms with Gasteiger partial charge >= 0.3 is 0 Å². The lowest BCUT2D eigenvalue weighted by Crippen LogP contribution is -2.31. The fourth-order valence-electron chi connectivity index (χ4n) is 1.41. The van der Waals surface area contributed by atoms with E-state index in [4.69, 9.17) is 0 Å². The molecule has 0 atom stereocenters. The van der Waals surface area contributed by atoms with Crippen molar-refractivity contribution in [2.24, 2.45) is 0 Å². The van der Waals surface area contributed by atoms with Crippen LogP contribution in [-0.2, 0) is 9.59 Å². The van der Waals surface area contributed by atoms with Crippen LogP contribution in [0.25, 0.3) is 0 Å². The van der Waals surface area contributed by atoms with Gasteiger partial charge < -0.3 is 5.32 Å². The van der Waals surface area contributed by atoms with Gasteiger partial charge in [-0.05, 0) is 19.5 Å². The Morgan fingerprint density at radius 2 is 1.92 bits per heavy atom. The first-order valence-corrected chi connectivity index (χ1v) is 4.79. The quantitative estimate of drug-likeness (QED) is 0.488. The molecule has 13 heavy (non-hydrogen) atoms. The lowest BCUT2D eigenvalue weighted by molar-refractivity contribution is -0.138. The number of amides is 2. The molecule has 74 valence electrons. The van der Waals surface area contributed by atoms with Gasteiger partial charge in [-0.1, -0.05) is 6.92 Å². The van der Waals surface area contributed by atoms with Crippen molar-refractivity contribution >= 4 is 11.8 Å². The lowest BCUT2D eigenvalue weighted by Gasteiger charge is -2.12. The summed E-state index contributed by atoms with van der Waals surface area (Å²) in [5.41, 5.74) is 0. The van der Waals surface area contributed by atoms with Crippen LogP contribution in [0.1, 0.15) is 26.2 Å². The highest BCUT2D eigenvalue weighted by molar-refractivity contribution is 6.01. The fraction of sp³-hybridized carbons (Fsp3) is 0.778. The summed E-state index contributed by atoms with van der Waals surface area (Å²) in [6.45, 7) is 4.41. The van der Waals surface area contributed by atoms with E-state index in [1.54, 1.807) is 0 Å². The minimum Gasteiger partial charge on any atom is -0.317 e. The van der Waals surface area contributed by atoms with Crippen LogP contribution < -0.4 is 5.32 Å². The second kappa shape index (κ2) is 4.97. The van der Waals surface area contributed by atoms with Crippen molar-refractivity contribution in [2.45, 2.75) is 26.2 Å². The summed E-state index contributed by atoms with van der Waals surface area (Å²) in [7, 11) is 0. The molecule has 0 aromatic carbocycles. The topological polar surface area (TPSA) is 49.4 Å². The predicted molar refractivity (Wildman–Crippen MR) is 49.1 cm³/mol. The Hall–Kier alpha value is -0.900. The molecular weight excluding hydrogens is 168 g/mol. The number of carbonyl (C=O) groups is 2. The Labute approximate surface area is 78.3 Å². The average molecular weight is 184 g/mol. The Balaban J connectivity index is 2.20. The van der Waals surface area contributed by atoms with E-state index in [1.807, 2.05) is 6.92 Å². The smallest absolute Gasteiger partial charge is 0.229 e. The third-order valence-corrected chi connectivity index (χ3v) is 2.14. The molecule has 1 heterocycles. The Bertz CT molecular complexity index is 188. The van der Waals surface area contributed by atoms with Gasteiger partial charge in [0.15, 0.2) is 0 Å². The van der Waals surface area contributed by atoms with E-state index in [-0.39, 0.29) is 11.8 Å². The Kier molecular flexibility index (Phi) is 3.89. The molecule has 1 aliphatic rings. The summed E-state index contributed by atoms with van der Waals surface area (Å²) in [5, 5.41) is 3.15. The average Bonchev–Trinajstić information content (AvgIpc) is 2.42. The van der Waals surface area contributed by atoms with Crippen LogP contribution in [0, 0.1) is 0 Å². The molecular formula is C9H16N2O2. The zero-order valence-electron chi connectivity index (χ0n) is 8.01. The summed E-state index contributed by atoms with van der Waals surface area (Å²) in [6, 6.07) is 0. The van der Waals surface area contributed by atoms with Crippen molar-refractivity contribution in [2.75, 3.05) is 19.6 Å². The number of hydrogen-bond donors (Lipinski definition) is 1. The number of nitrogens with zero attached hydrogens (tertiary/aromatic N) is 1. The zero-order valence-corrected chi connectivity index (χ0v) is 8.01. The summed E-state index contributed by atoms with van der Waals surface area (Å²) in [5.74, 6) is -0.0250. The molecule has 4 nitrogen and oxygen atoms in total. The lowest BCUT2D eigenvalue weighted by atomic mass is 10.4. The minimum absolute atomic E-state index is 0.0125. The maximum Gasteiger partial charge on any atom is 0.229 e. The van der Waals surface area contributed by atoms with Gasteiger partial charge in [-0.2, -0.15) is 0 Å². The van der Waals surface area contributed by atoms with Crippen LogP contribution >= 0.6 is 0 Å². The van der Waals surface area contributed by atoms with Gasteiger partial charge in [0.2, 0.25) is 11.8 Å². The predicted octanol–water partition coefficient (Wildman–Crippen LogP) is 0.135. The first-order chi connectivity index (χ1) is 6.25. The largest absolute Gasteiger partial charge is 0.317 e. The normalized spacial score (nSPS) is 17.2. The maximum atomic E-state index is 11.1. The SMILES string of the molecule is CCNCCCN1C(=O)CCC1=O. The van der Waals surface area contributed by atoms with Crippen molar-refractivity contribution in [3.8, 4) is 0 Å². The van der Waals surface area contributed by atoms with E-state index in [0.717, 1.165) is 19.5 Å². The van der Waals surface area contributed by atoms with Crippen LogP contribution in [-0.4, -0.2) is 36.3 Å². The number of carbonyl (C=O) groups excluding carboxylic acids is 2. The van der Waals surface area contributed by atoms with E-state index in [2.05, 4.69) is 5.32 Å². The molecule has 0 aliphatic carbocycles. The van der Waals surface area contributed by atoms with Crippen molar-refractivity contribution in [3.63, 3.8) is 0 Å². The van der Waals surface area contributed by atoms with Crippen LogP contribution in [0.4, 0.5) is 0 Å². The summed E-state index contributed by atoms with van der Waals surface area (Å²) < 4.78 is 0. The molecule has 1 saturated heterocycles.